The summed E-state index contributed by atoms with van der Waals surface area (Å²) in [4.78, 5) is 0. The van der Waals surface area contributed by atoms with Gasteiger partial charge in [0.2, 0.25) is 0 Å². The molecule has 0 fully saturated rings. The first kappa shape index (κ1) is 12.3. The van der Waals surface area contributed by atoms with Crippen LogP contribution in [0.3, 0.4) is 0 Å². The lowest BCUT2D eigenvalue weighted by Gasteiger charge is -2.13. The second-order valence-electron chi connectivity index (χ2n) is 3.06. The summed E-state index contributed by atoms with van der Waals surface area (Å²) in [6.45, 7) is 1.35. The lowest BCUT2D eigenvalue weighted by Crippen LogP contribution is -2.06. The first-order valence-electron chi connectivity index (χ1n) is 4.01. The normalized spacial score (nSPS) is 14.0. The number of aliphatic hydroxyl groups is 1. The first-order chi connectivity index (χ1) is 6.73. The van der Waals surface area contributed by atoms with Crippen LogP contribution in [0.25, 0.3) is 0 Å². The van der Waals surface area contributed by atoms with Gasteiger partial charge in [0.05, 0.1) is 11.7 Å². The van der Waals surface area contributed by atoms with E-state index in [9.17, 15) is 23.4 Å². The molecule has 1 unspecified atom stereocenters. The third kappa shape index (κ3) is 2.63. The van der Waals surface area contributed by atoms with Crippen LogP contribution in [-0.2, 0) is 6.18 Å². The number of hydrogen-bond acceptors (Lipinski definition) is 2. The van der Waals surface area contributed by atoms with Gasteiger partial charge in [-0.2, -0.15) is 13.2 Å². The van der Waals surface area contributed by atoms with E-state index in [0.29, 0.717) is 6.07 Å². The average molecular weight is 285 g/mol. The number of phenolic OH excluding ortho intramolecular Hbond substituents is 1. The maximum absolute atomic E-state index is 12.3. The van der Waals surface area contributed by atoms with Crippen LogP contribution in [0, 0.1) is 0 Å². The van der Waals surface area contributed by atoms with Gasteiger partial charge in [-0.3, -0.25) is 0 Å². The molecule has 15 heavy (non-hydrogen) atoms. The summed E-state index contributed by atoms with van der Waals surface area (Å²) in [5, 5.41) is 18.5. The molecule has 1 aromatic rings. The Bertz CT molecular complexity index is 351. The van der Waals surface area contributed by atoms with Crippen molar-refractivity contribution in [1.82, 2.24) is 0 Å². The van der Waals surface area contributed by atoms with Crippen molar-refractivity contribution in [3.8, 4) is 5.75 Å². The zero-order chi connectivity index (χ0) is 11.8. The van der Waals surface area contributed by atoms with Crippen molar-refractivity contribution in [2.75, 3.05) is 0 Å². The molecule has 0 radical (unpaired) electrons. The van der Waals surface area contributed by atoms with Gasteiger partial charge in [0.15, 0.2) is 0 Å². The summed E-state index contributed by atoms with van der Waals surface area (Å²) in [5.41, 5.74) is -0.917. The molecule has 2 N–H and O–H groups in total. The lowest BCUT2D eigenvalue weighted by atomic mass is 10.1. The van der Waals surface area contributed by atoms with E-state index >= 15 is 0 Å². The maximum atomic E-state index is 12.3. The van der Waals surface area contributed by atoms with Crippen LogP contribution < -0.4 is 0 Å². The van der Waals surface area contributed by atoms with Crippen molar-refractivity contribution in [1.29, 1.82) is 0 Å². The SMILES string of the molecule is CC(O)c1c(O)cc(C(F)(F)F)cc1Br. The van der Waals surface area contributed by atoms with Gasteiger partial charge in [0, 0.05) is 10.0 Å². The zero-order valence-electron chi connectivity index (χ0n) is 7.64. The highest BCUT2D eigenvalue weighted by atomic mass is 79.9. The van der Waals surface area contributed by atoms with Crippen LogP contribution in [0.1, 0.15) is 24.2 Å². The number of alkyl halides is 3. The molecule has 0 aliphatic carbocycles. The molecule has 0 spiro atoms. The molecule has 84 valence electrons. The van der Waals surface area contributed by atoms with Gasteiger partial charge in [-0.05, 0) is 19.1 Å². The highest BCUT2D eigenvalue weighted by Crippen LogP contribution is 2.38. The van der Waals surface area contributed by atoms with Gasteiger partial charge in [-0.15, -0.1) is 0 Å². The fraction of sp³-hybridized carbons (Fsp3) is 0.333. The Hall–Kier alpha value is -0.750. The van der Waals surface area contributed by atoms with E-state index < -0.39 is 23.6 Å². The van der Waals surface area contributed by atoms with E-state index in [0.717, 1.165) is 6.07 Å². The van der Waals surface area contributed by atoms with Crippen molar-refractivity contribution in [2.45, 2.75) is 19.2 Å². The molecule has 1 rings (SSSR count). The van der Waals surface area contributed by atoms with Gasteiger partial charge >= 0.3 is 6.18 Å². The molecule has 2 nitrogen and oxygen atoms in total. The second kappa shape index (κ2) is 4.02. The van der Waals surface area contributed by atoms with Gasteiger partial charge in [-0.1, -0.05) is 15.9 Å². The Morgan fingerprint density at radius 1 is 1.33 bits per heavy atom. The third-order valence-electron chi connectivity index (χ3n) is 1.85. The van der Waals surface area contributed by atoms with Crippen molar-refractivity contribution >= 4 is 15.9 Å². The minimum Gasteiger partial charge on any atom is -0.508 e. The molecule has 6 heteroatoms. The van der Waals surface area contributed by atoms with Crippen LogP contribution in [0.4, 0.5) is 13.2 Å². The molecule has 0 saturated heterocycles. The summed E-state index contributed by atoms with van der Waals surface area (Å²) >= 11 is 2.87. The van der Waals surface area contributed by atoms with Gasteiger partial charge in [0.25, 0.3) is 0 Å². The summed E-state index contributed by atoms with van der Waals surface area (Å²) in [6.07, 6.45) is -5.56. The topological polar surface area (TPSA) is 40.5 Å². The van der Waals surface area contributed by atoms with Gasteiger partial charge in [-0.25, -0.2) is 0 Å². The lowest BCUT2D eigenvalue weighted by molar-refractivity contribution is -0.137. The van der Waals surface area contributed by atoms with Crippen LogP contribution in [0.2, 0.25) is 0 Å². The largest absolute Gasteiger partial charge is 0.508 e. The van der Waals surface area contributed by atoms with Crippen LogP contribution in [0.5, 0.6) is 5.75 Å². The predicted octanol–water partition coefficient (Wildman–Crippen LogP) is 3.23. The molecular weight excluding hydrogens is 277 g/mol. The molecule has 0 aromatic heterocycles. The van der Waals surface area contributed by atoms with Crippen molar-refractivity contribution in [2.24, 2.45) is 0 Å². The monoisotopic (exact) mass is 284 g/mol. The third-order valence-corrected chi connectivity index (χ3v) is 2.51. The standard InChI is InChI=1S/C9H8BrF3O2/c1-4(14)8-6(10)2-5(3-7(8)15)9(11,12)13/h2-4,14-15H,1H3. The Balaban J connectivity index is 3.32. The number of aromatic hydroxyl groups is 1. The summed E-state index contributed by atoms with van der Waals surface area (Å²) in [5.74, 6) is -0.577. The van der Waals surface area contributed by atoms with Crippen molar-refractivity contribution in [3.63, 3.8) is 0 Å². The molecule has 0 saturated carbocycles. The van der Waals surface area contributed by atoms with Crippen LogP contribution in [-0.4, -0.2) is 10.2 Å². The molecule has 0 aliphatic heterocycles. The minimum atomic E-state index is -4.52. The number of aliphatic hydroxyl groups excluding tert-OH is 1. The highest BCUT2D eigenvalue weighted by molar-refractivity contribution is 9.10. The Kier molecular flexibility index (Phi) is 3.30. The predicted molar refractivity (Wildman–Crippen MR) is 51.4 cm³/mol. The Morgan fingerprint density at radius 2 is 1.87 bits per heavy atom. The highest BCUT2D eigenvalue weighted by Gasteiger charge is 2.32. The second-order valence-corrected chi connectivity index (χ2v) is 3.92. The molecule has 0 bridgehead atoms. The van der Waals surface area contributed by atoms with E-state index in [2.05, 4.69) is 15.9 Å². The number of phenols is 1. The Labute approximate surface area is 92.5 Å². The minimum absolute atomic E-state index is 0.0322. The molecular formula is C9H8BrF3O2. The maximum Gasteiger partial charge on any atom is 0.416 e. The van der Waals surface area contributed by atoms with E-state index in [4.69, 9.17) is 0 Å². The van der Waals surface area contributed by atoms with Crippen LogP contribution in [0.15, 0.2) is 16.6 Å². The molecule has 1 atom stereocenters. The fourth-order valence-corrected chi connectivity index (χ4v) is 1.96. The fourth-order valence-electron chi connectivity index (χ4n) is 1.18. The molecule has 1 aromatic carbocycles. The summed E-state index contributed by atoms with van der Waals surface area (Å²) in [6, 6.07) is 1.41. The Morgan fingerprint density at radius 3 is 2.20 bits per heavy atom. The van der Waals surface area contributed by atoms with Crippen LogP contribution >= 0.6 is 15.9 Å². The van der Waals surface area contributed by atoms with Crippen molar-refractivity contribution in [3.05, 3.63) is 27.7 Å². The number of benzene rings is 1. The molecule has 0 amide bonds. The zero-order valence-corrected chi connectivity index (χ0v) is 9.22. The molecule has 0 heterocycles. The van der Waals surface area contributed by atoms with Gasteiger partial charge < -0.3 is 10.2 Å². The quantitative estimate of drug-likeness (QED) is 0.831. The number of halogens is 4. The van der Waals surface area contributed by atoms with E-state index in [-0.39, 0.29) is 10.0 Å². The van der Waals surface area contributed by atoms with Gasteiger partial charge in [0.1, 0.15) is 5.75 Å². The van der Waals surface area contributed by atoms with E-state index in [1.54, 1.807) is 0 Å². The number of hydrogen-bond donors (Lipinski definition) is 2. The van der Waals surface area contributed by atoms with Crippen molar-refractivity contribution < 1.29 is 23.4 Å². The molecule has 0 aliphatic rings. The van der Waals surface area contributed by atoms with E-state index in [1.807, 2.05) is 0 Å². The number of rotatable bonds is 1. The average Bonchev–Trinajstić information content (AvgIpc) is 1.99. The summed E-state index contributed by atoms with van der Waals surface area (Å²) < 4.78 is 36.9. The first-order valence-corrected chi connectivity index (χ1v) is 4.80. The smallest absolute Gasteiger partial charge is 0.416 e. The van der Waals surface area contributed by atoms with E-state index in [1.165, 1.54) is 6.92 Å². The summed E-state index contributed by atoms with van der Waals surface area (Å²) in [7, 11) is 0.